The fourth-order valence-electron chi connectivity index (χ4n) is 4.28. The maximum absolute atomic E-state index is 10.5. The van der Waals surface area contributed by atoms with Gasteiger partial charge in [-0.3, -0.25) is 0 Å². The smallest absolute Gasteiger partial charge is 0.0608 e. The molecule has 1 aromatic rings. The predicted octanol–water partition coefficient (Wildman–Crippen LogP) is 4.20. The van der Waals surface area contributed by atoms with Crippen LogP contribution in [0.5, 0.6) is 0 Å². The highest BCUT2D eigenvalue weighted by molar-refractivity contribution is 5.15. The Bertz CT molecular complexity index is 386. The Morgan fingerprint density at radius 2 is 1.68 bits per heavy atom. The van der Waals surface area contributed by atoms with Gasteiger partial charge in [0.15, 0.2) is 0 Å². The summed E-state index contributed by atoms with van der Waals surface area (Å²) < 4.78 is 0. The third-order valence-corrected chi connectivity index (χ3v) is 5.41. The Labute approximate surface area is 117 Å². The summed E-state index contributed by atoms with van der Waals surface area (Å²) in [5.41, 5.74) is 1.28. The second-order valence-electron chi connectivity index (χ2n) is 6.63. The van der Waals surface area contributed by atoms with E-state index in [1.807, 2.05) is 6.07 Å². The molecule has 1 aromatic carbocycles. The van der Waals surface area contributed by atoms with Crippen LogP contribution in [0, 0.1) is 17.8 Å². The number of hydrogen-bond acceptors (Lipinski definition) is 1. The van der Waals surface area contributed by atoms with E-state index in [2.05, 4.69) is 24.3 Å². The monoisotopic (exact) mass is 258 g/mol. The van der Waals surface area contributed by atoms with Gasteiger partial charge in [0.25, 0.3) is 0 Å². The van der Waals surface area contributed by atoms with Crippen LogP contribution in [0.15, 0.2) is 30.3 Å². The number of benzene rings is 1. The Balaban J connectivity index is 1.57. The summed E-state index contributed by atoms with van der Waals surface area (Å²) >= 11 is 0. The van der Waals surface area contributed by atoms with Crippen LogP contribution in [-0.2, 0) is 6.42 Å². The van der Waals surface area contributed by atoms with Gasteiger partial charge in [0.2, 0.25) is 0 Å². The van der Waals surface area contributed by atoms with Crippen molar-refractivity contribution < 1.29 is 5.11 Å². The first-order valence-corrected chi connectivity index (χ1v) is 8.05. The molecule has 2 aliphatic rings. The van der Waals surface area contributed by atoms with Crippen LogP contribution in [0.2, 0.25) is 0 Å². The quantitative estimate of drug-likeness (QED) is 0.861. The largest absolute Gasteiger partial charge is 0.392 e. The molecule has 0 spiro atoms. The number of fused-ring (bicyclic) bond motifs is 1. The molecule has 2 fully saturated rings. The molecule has 0 bridgehead atoms. The highest BCUT2D eigenvalue weighted by atomic mass is 16.3. The molecule has 0 saturated heterocycles. The van der Waals surface area contributed by atoms with E-state index in [9.17, 15) is 5.11 Å². The minimum absolute atomic E-state index is 0.134. The molecular weight excluding hydrogens is 232 g/mol. The van der Waals surface area contributed by atoms with Crippen molar-refractivity contribution in [1.29, 1.82) is 0 Å². The summed E-state index contributed by atoms with van der Waals surface area (Å²) in [6, 6.07) is 10.5. The molecular formula is C18H26O. The van der Waals surface area contributed by atoms with Crippen LogP contribution in [0.1, 0.15) is 50.5 Å². The van der Waals surface area contributed by atoms with Crippen LogP contribution in [0.3, 0.4) is 0 Å². The molecule has 0 heterocycles. The molecule has 0 aliphatic heterocycles. The van der Waals surface area contributed by atoms with Gasteiger partial charge in [-0.1, -0.05) is 56.0 Å². The van der Waals surface area contributed by atoms with Gasteiger partial charge in [-0.25, -0.2) is 0 Å². The summed E-state index contributed by atoms with van der Waals surface area (Å²) in [5, 5.41) is 10.5. The van der Waals surface area contributed by atoms with E-state index in [0.717, 1.165) is 18.3 Å². The van der Waals surface area contributed by atoms with E-state index >= 15 is 0 Å². The fourth-order valence-corrected chi connectivity index (χ4v) is 4.28. The number of hydrogen-bond donors (Lipinski definition) is 1. The molecule has 1 N–H and O–H groups in total. The second kappa shape index (κ2) is 6.09. The minimum atomic E-state index is -0.134. The lowest BCUT2D eigenvalue weighted by atomic mass is 9.66. The lowest BCUT2D eigenvalue weighted by molar-refractivity contribution is 0.0361. The van der Waals surface area contributed by atoms with E-state index in [1.54, 1.807) is 0 Å². The first kappa shape index (κ1) is 13.2. The van der Waals surface area contributed by atoms with Crippen molar-refractivity contribution in [3.8, 4) is 0 Å². The molecule has 0 radical (unpaired) electrons. The third kappa shape index (κ3) is 3.20. The van der Waals surface area contributed by atoms with Crippen molar-refractivity contribution in [2.75, 3.05) is 0 Å². The fraction of sp³-hybridized carbons (Fsp3) is 0.667. The first-order valence-electron chi connectivity index (χ1n) is 8.05. The van der Waals surface area contributed by atoms with Crippen molar-refractivity contribution in [3.05, 3.63) is 35.9 Å². The first-order chi connectivity index (χ1) is 9.33. The van der Waals surface area contributed by atoms with E-state index < -0.39 is 0 Å². The van der Waals surface area contributed by atoms with Crippen molar-refractivity contribution in [2.45, 2.75) is 57.5 Å². The van der Waals surface area contributed by atoms with Crippen LogP contribution >= 0.6 is 0 Å². The Morgan fingerprint density at radius 3 is 2.47 bits per heavy atom. The maximum atomic E-state index is 10.5. The zero-order chi connectivity index (χ0) is 13.1. The molecule has 4 atom stereocenters. The van der Waals surface area contributed by atoms with Gasteiger partial charge in [0.1, 0.15) is 0 Å². The van der Waals surface area contributed by atoms with Gasteiger partial charge in [0.05, 0.1) is 6.10 Å². The van der Waals surface area contributed by atoms with Gasteiger partial charge < -0.3 is 5.11 Å². The second-order valence-corrected chi connectivity index (χ2v) is 6.63. The van der Waals surface area contributed by atoms with Crippen molar-refractivity contribution in [1.82, 2.24) is 0 Å². The predicted molar refractivity (Wildman–Crippen MR) is 78.9 cm³/mol. The summed E-state index contributed by atoms with van der Waals surface area (Å²) in [5.74, 6) is 2.44. The van der Waals surface area contributed by atoms with Gasteiger partial charge in [0, 0.05) is 0 Å². The summed E-state index contributed by atoms with van der Waals surface area (Å²) in [6.07, 6.45) is 10.3. The van der Waals surface area contributed by atoms with Gasteiger partial charge >= 0.3 is 0 Å². The molecule has 0 aromatic heterocycles. The minimum Gasteiger partial charge on any atom is -0.392 e. The molecule has 19 heavy (non-hydrogen) atoms. The third-order valence-electron chi connectivity index (χ3n) is 5.41. The number of rotatable bonds is 3. The molecule has 104 valence electrons. The van der Waals surface area contributed by atoms with Crippen LogP contribution in [0.4, 0.5) is 0 Å². The molecule has 0 amide bonds. The van der Waals surface area contributed by atoms with Crippen molar-refractivity contribution in [3.63, 3.8) is 0 Å². The van der Waals surface area contributed by atoms with E-state index in [4.69, 9.17) is 0 Å². The Morgan fingerprint density at radius 1 is 0.947 bits per heavy atom. The van der Waals surface area contributed by atoms with Crippen molar-refractivity contribution >= 4 is 0 Å². The Hall–Kier alpha value is -0.820. The average Bonchev–Trinajstić information content (AvgIpc) is 2.48. The lowest BCUT2D eigenvalue weighted by Gasteiger charge is -2.40. The highest BCUT2D eigenvalue weighted by Crippen LogP contribution is 2.43. The molecule has 1 nitrogen and oxygen atoms in total. The zero-order valence-corrected chi connectivity index (χ0v) is 11.8. The van der Waals surface area contributed by atoms with E-state index in [0.29, 0.717) is 5.92 Å². The summed E-state index contributed by atoms with van der Waals surface area (Å²) in [4.78, 5) is 0. The summed E-state index contributed by atoms with van der Waals surface area (Å²) in [6.45, 7) is 0. The van der Waals surface area contributed by atoms with Crippen molar-refractivity contribution in [2.24, 2.45) is 17.8 Å². The molecule has 4 unspecified atom stereocenters. The van der Waals surface area contributed by atoms with Gasteiger partial charge in [-0.15, -0.1) is 0 Å². The Kier molecular flexibility index (Phi) is 4.22. The van der Waals surface area contributed by atoms with E-state index in [1.165, 1.54) is 50.5 Å². The van der Waals surface area contributed by atoms with Crippen LogP contribution in [-0.4, -0.2) is 11.2 Å². The molecule has 3 rings (SSSR count). The topological polar surface area (TPSA) is 20.2 Å². The molecule has 2 aliphatic carbocycles. The normalized spacial score (nSPS) is 32.6. The number of aliphatic hydroxyl groups excluding tert-OH is 1. The van der Waals surface area contributed by atoms with Crippen LogP contribution < -0.4 is 0 Å². The molecule has 2 saturated carbocycles. The highest BCUT2D eigenvalue weighted by Gasteiger charge is 2.34. The maximum Gasteiger partial charge on any atom is 0.0608 e. The average molecular weight is 258 g/mol. The van der Waals surface area contributed by atoms with Gasteiger partial charge in [-0.2, -0.15) is 0 Å². The zero-order valence-electron chi connectivity index (χ0n) is 11.8. The standard InChI is InChI=1S/C18H26O/c19-18(12-14-6-2-1-3-7-14)17-11-10-15-8-4-5-9-16(15)13-17/h1-3,6-7,15-19H,4-5,8-13H2. The van der Waals surface area contributed by atoms with E-state index in [-0.39, 0.29) is 6.10 Å². The van der Waals surface area contributed by atoms with Gasteiger partial charge in [-0.05, 0) is 49.0 Å². The molecule has 1 heteroatoms. The lowest BCUT2D eigenvalue weighted by Crippen LogP contribution is -2.34. The summed E-state index contributed by atoms with van der Waals surface area (Å²) in [7, 11) is 0. The number of aliphatic hydroxyl groups is 1. The SMILES string of the molecule is OC(Cc1ccccc1)C1CCC2CCCCC2C1. The van der Waals surface area contributed by atoms with Crippen LogP contribution in [0.25, 0.3) is 0 Å².